The van der Waals surface area contributed by atoms with Crippen molar-refractivity contribution < 1.29 is 30.3 Å². The smallest absolute Gasteiger partial charge is 0.250 e. The number of aliphatic hydroxyl groups excluding tert-OH is 3. The van der Waals surface area contributed by atoms with Gasteiger partial charge < -0.3 is 25.5 Å². The zero-order chi connectivity index (χ0) is 9.94. The maximum absolute atomic E-state index is 9.94. The summed E-state index contributed by atoms with van der Waals surface area (Å²) in [5.74, 6) is -3.03. The second kappa shape index (κ2) is 3.92. The average Bonchev–Trinajstić information content (AvgIpc) is 2.01. The Hall–Kier alpha value is -0.530. The summed E-state index contributed by atoms with van der Waals surface area (Å²) in [7, 11) is 0. The summed E-state index contributed by atoms with van der Waals surface area (Å²) in [5.41, 5.74) is 0. The van der Waals surface area contributed by atoms with Crippen LogP contribution in [0.15, 0.2) is 0 Å². The molecular weight excluding hydrogens is 168 g/mol. The molecule has 72 valence electrons. The SMILES string of the molecule is C[C@H](O)[C@H](O)[C@@H](O)C(O)(O)C=O. The van der Waals surface area contributed by atoms with E-state index in [1.54, 1.807) is 0 Å². The van der Waals surface area contributed by atoms with Crippen molar-refractivity contribution in [1.29, 1.82) is 0 Å². The Bertz CT molecular complexity index is 154. The van der Waals surface area contributed by atoms with Crippen LogP contribution in [0.5, 0.6) is 0 Å². The lowest BCUT2D eigenvalue weighted by Crippen LogP contribution is -2.53. The van der Waals surface area contributed by atoms with Crippen molar-refractivity contribution in [1.82, 2.24) is 0 Å². The van der Waals surface area contributed by atoms with Gasteiger partial charge in [0, 0.05) is 0 Å². The van der Waals surface area contributed by atoms with E-state index in [0.717, 1.165) is 6.92 Å². The molecule has 0 aromatic heterocycles. The molecule has 0 fully saturated rings. The normalized spacial score (nSPS) is 19.8. The van der Waals surface area contributed by atoms with Gasteiger partial charge in [0.05, 0.1) is 6.10 Å². The quantitative estimate of drug-likeness (QED) is 0.232. The van der Waals surface area contributed by atoms with Crippen LogP contribution in [0.1, 0.15) is 6.92 Å². The molecular formula is C6H12O6. The Morgan fingerprint density at radius 2 is 1.67 bits per heavy atom. The molecule has 0 saturated heterocycles. The lowest BCUT2D eigenvalue weighted by Gasteiger charge is -2.27. The van der Waals surface area contributed by atoms with E-state index in [2.05, 4.69) is 0 Å². The monoisotopic (exact) mass is 180 g/mol. The van der Waals surface area contributed by atoms with Crippen LogP contribution in [0.2, 0.25) is 0 Å². The van der Waals surface area contributed by atoms with Crippen LogP contribution in [0, 0.1) is 0 Å². The highest BCUT2D eigenvalue weighted by Gasteiger charge is 2.39. The third kappa shape index (κ3) is 2.50. The lowest BCUT2D eigenvalue weighted by atomic mass is 10.0. The molecule has 12 heavy (non-hydrogen) atoms. The molecule has 0 bridgehead atoms. The first-order valence-electron chi connectivity index (χ1n) is 3.28. The highest BCUT2D eigenvalue weighted by molar-refractivity contribution is 5.60. The van der Waals surface area contributed by atoms with Gasteiger partial charge in [0.2, 0.25) is 0 Å². The number of carbonyl (C=O) groups excluding carboxylic acids is 1. The molecule has 0 radical (unpaired) electrons. The molecule has 6 nitrogen and oxygen atoms in total. The topological polar surface area (TPSA) is 118 Å². The van der Waals surface area contributed by atoms with Crippen LogP contribution in [0.25, 0.3) is 0 Å². The van der Waals surface area contributed by atoms with Gasteiger partial charge in [0.1, 0.15) is 12.2 Å². The summed E-state index contributed by atoms with van der Waals surface area (Å²) in [5, 5.41) is 43.8. The van der Waals surface area contributed by atoms with Crippen LogP contribution in [-0.4, -0.2) is 55.9 Å². The van der Waals surface area contributed by atoms with E-state index in [4.69, 9.17) is 25.5 Å². The fourth-order valence-corrected chi connectivity index (χ4v) is 0.585. The first-order chi connectivity index (χ1) is 5.33. The third-order valence-electron chi connectivity index (χ3n) is 1.43. The molecule has 0 rings (SSSR count). The van der Waals surface area contributed by atoms with Crippen molar-refractivity contribution in [3.05, 3.63) is 0 Å². The fraction of sp³-hybridized carbons (Fsp3) is 0.833. The maximum atomic E-state index is 9.94. The molecule has 0 amide bonds. The summed E-state index contributed by atoms with van der Waals surface area (Å²) < 4.78 is 0. The van der Waals surface area contributed by atoms with Gasteiger partial charge in [-0.15, -0.1) is 0 Å². The number of hydrogen-bond acceptors (Lipinski definition) is 6. The Kier molecular flexibility index (Phi) is 3.75. The zero-order valence-corrected chi connectivity index (χ0v) is 6.45. The predicted molar refractivity (Wildman–Crippen MR) is 36.9 cm³/mol. The van der Waals surface area contributed by atoms with Crippen molar-refractivity contribution in [2.75, 3.05) is 0 Å². The number of rotatable bonds is 4. The first-order valence-corrected chi connectivity index (χ1v) is 3.28. The molecule has 6 heteroatoms. The van der Waals surface area contributed by atoms with Gasteiger partial charge in [-0.1, -0.05) is 0 Å². The molecule has 0 aliphatic heterocycles. The fourth-order valence-electron chi connectivity index (χ4n) is 0.585. The van der Waals surface area contributed by atoms with Crippen molar-refractivity contribution in [3.8, 4) is 0 Å². The Labute approximate surface area is 68.7 Å². The van der Waals surface area contributed by atoms with E-state index in [1.165, 1.54) is 0 Å². The average molecular weight is 180 g/mol. The van der Waals surface area contributed by atoms with E-state index in [1.807, 2.05) is 0 Å². The van der Waals surface area contributed by atoms with Crippen LogP contribution in [0.3, 0.4) is 0 Å². The minimum absolute atomic E-state index is 0.330. The van der Waals surface area contributed by atoms with E-state index in [-0.39, 0.29) is 6.29 Å². The summed E-state index contributed by atoms with van der Waals surface area (Å²) >= 11 is 0. The molecule has 0 aromatic rings. The third-order valence-corrected chi connectivity index (χ3v) is 1.43. The second-order valence-corrected chi connectivity index (χ2v) is 2.58. The van der Waals surface area contributed by atoms with Crippen LogP contribution in [0.4, 0.5) is 0 Å². The largest absolute Gasteiger partial charge is 0.391 e. The van der Waals surface area contributed by atoms with E-state index >= 15 is 0 Å². The predicted octanol–water partition coefficient (Wildman–Crippen LogP) is -3.03. The van der Waals surface area contributed by atoms with Gasteiger partial charge in [-0.3, -0.25) is 4.79 Å². The molecule has 0 aromatic carbocycles. The van der Waals surface area contributed by atoms with Crippen molar-refractivity contribution in [2.45, 2.75) is 31.0 Å². The minimum Gasteiger partial charge on any atom is -0.391 e. The molecule has 3 atom stereocenters. The van der Waals surface area contributed by atoms with Gasteiger partial charge in [0.25, 0.3) is 5.79 Å². The van der Waals surface area contributed by atoms with Crippen molar-refractivity contribution in [3.63, 3.8) is 0 Å². The molecule has 0 saturated carbocycles. The van der Waals surface area contributed by atoms with E-state index in [0.29, 0.717) is 0 Å². The van der Waals surface area contributed by atoms with Gasteiger partial charge in [-0.2, -0.15) is 0 Å². The minimum atomic E-state index is -3.03. The van der Waals surface area contributed by atoms with Gasteiger partial charge >= 0.3 is 0 Å². The Morgan fingerprint density at radius 3 is 1.92 bits per heavy atom. The molecule has 0 aliphatic rings. The molecule has 0 unspecified atom stereocenters. The van der Waals surface area contributed by atoms with Crippen molar-refractivity contribution >= 4 is 6.29 Å². The van der Waals surface area contributed by atoms with Gasteiger partial charge in [0.15, 0.2) is 6.29 Å². The zero-order valence-electron chi connectivity index (χ0n) is 6.45. The van der Waals surface area contributed by atoms with Crippen LogP contribution in [-0.2, 0) is 4.79 Å². The number of aliphatic hydroxyl groups is 5. The standard InChI is InChI=1S/C6H12O6/c1-3(8)4(9)5(10)6(11,12)2-7/h2-5,8-12H,1H3/t3-,4-,5+/m0/s1. The van der Waals surface area contributed by atoms with E-state index in [9.17, 15) is 4.79 Å². The number of hydrogen-bond donors (Lipinski definition) is 5. The number of carbonyl (C=O) groups is 1. The number of aldehydes is 1. The molecule has 0 spiro atoms. The van der Waals surface area contributed by atoms with Crippen LogP contribution < -0.4 is 0 Å². The Morgan fingerprint density at radius 1 is 1.25 bits per heavy atom. The lowest BCUT2D eigenvalue weighted by molar-refractivity contribution is -0.235. The second-order valence-electron chi connectivity index (χ2n) is 2.58. The maximum Gasteiger partial charge on any atom is 0.250 e. The molecule has 0 aliphatic carbocycles. The summed E-state index contributed by atoms with van der Waals surface area (Å²) in [6, 6.07) is 0. The van der Waals surface area contributed by atoms with E-state index < -0.39 is 24.1 Å². The summed E-state index contributed by atoms with van der Waals surface area (Å²) in [4.78, 5) is 9.94. The first kappa shape index (κ1) is 11.5. The Balaban J connectivity index is 4.37. The van der Waals surface area contributed by atoms with Gasteiger partial charge in [-0.25, -0.2) is 0 Å². The van der Waals surface area contributed by atoms with Crippen LogP contribution >= 0.6 is 0 Å². The highest BCUT2D eigenvalue weighted by atomic mass is 16.5. The summed E-state index contributed by atoms with van der Waals surface area (Å²) in [6.07, 6.45) is -5.61. The van der Waals surface area contributed by atoms with Crippen molar-refractivity contribution in [2.24, 2.45) is 0 Å². The highest BCUT2D eigenvalue weighted by Crippen LogP contribution is 2.10. The molecule has 0 heterocycles. The molecule has 5 N–H and O–H groups in total. The summed E-state index contributed by atoms with van der Waals surface area (Å²) in [6.45, 7) is 1.13. The van der Waals surface area contributed by atoms with Gasteiger partial charge in [-0.05, 0) is 6.92 Å².